The minimum absolute atomic E-state index is 0.109. The van der Waals surface area contributed by atoms with Crippen molar-refractivity contribution in [1.82, 2.24) is 15.0 Å². The van der Waals surface area contributed by atoms with Crippen molar-refractivity contribution in [2.24, 2.45) is 0 Å². The van der Waals surface area contributed by atoms with Crippen molar-refractivity contribution in [2.75, 3.05) is 10.6 Å². The van der Waals surface area contributed by atoms with Crippen LogP contribution in [0.4, 0.5) is 11.9 Å². The van der Waals surface area contributed by atoms with E-state index >= 15 is 0 Å². The molecule has 2 N–H and O–H groups in total. The van der Waals surface area contributed by atoms with Crippen molar-refractivity contribution < 1.29 is 4.79 Å². The van der Waals surface area contributed by atoms with E-state index in [4.69, 9.17) is 0 Å². The van der Waals surface area contributed by atoms with Gasteiger partial charge in [0.25, 0.3) is 0 Å². The highest BCUT2D eigenvalue weighted by atomic mass is 79.9. The van der Waals surface area contributed by atoms with Crippen LogP contribution in [-0.2, 0) is 11.2 Å². The summed E-state index contributed by atoms with van der Waals surface area (Å²) >= 11 is 5.25. The van der Waals surface area contributed by atoms with Gasteiger partial charge in [0.1, 0.15) is 5.82 Å². The smallest absolute Gasteiger partial charge is 0.234 e. The van der Waals surface area contributed by atoms with Crippen molar-refractivity contribution in [3.05, 3.63) is 26.6 Å². The second-order valence-corrected chi connectivity index (χ2v) is 7.97. The Bertz CT molecular complexity index is 691. The molecule has 0 aliphatic carbocycles. The topological polar surface area (TPSA) is 79.8 Å². The molecule has 1 unspecified atom stereocenters. The SMILES string of the molecule is CCC(=O)Nc1nc(C)nc(NC(CC)CCc2ccc(Br)s2)n1. The monoisotopic (exact) mass is 411 g/mol. The van der Waals surface area contributed by atoms with Gasteiger partial charge in [0, 0.05) is 17.3 Å². The molecule has 2 aromatic heterocycles. The van der Waals surface area contributed by atoms with Gasteiger partial charge < -0.3 is 5.32 Å². The van der Waals surface area contributed by atoms with Crippen LogP contribution in [0.25, 0.3) is 0 Å². The largest absolute Gasteiger partial charge is 0.351 e. The number of nitrogens with zero attached hydrogens (tertiary/aromatic N) is 3. The zero-order valence-corrected chi connectivity index (χ0v) is 16.5. The summed E-state index contributed by atoms with van der Waals surface area (Å²) in [6.07, 6.45) is 3.35. The quantitative estimate of drug-likeness (QED) is 0.680. The summed E-state index contributed by atoms with van der Waals surface area (Å²) < 4.78 is 1.16. The Kier molecular flexibility index (Phi) is 7.11. The molecule has 6 nitrogen and oxygen atoms in total. The number of anilines is 2. The number of halogens is 1. The number of aryl methyl sites for hydroxylation is 2. The molecule has 0 saturated heterocycles. The van der Waals surface area contributed by atoms with E-state index in [0.717, 1.165) is 23.0 Å². The van der Waals surface area contributed by atoms with Gasteiger partial charge in [0.15, 0.2) is 0 Å². The molecular formula is C16H22BrN5OS. The van der Waals surface area contributed by atoms with Gasteiger partial charge >= 0.3 is 0 Å². The van der Waals surface area contributed by atoms with Crippen molar-refractivity contribution in [3.63, 3.8) is 0 Å². The Balaban J connectivity index is 1.99. The number of hydrogen-bond donors (Lipinski definition) is 2. The minimum atomic E-state index is -0.109. The van der Waals surface area contributed by atoms with Crippen molar-refractivity contribution >= 4 is 45.1 Å². The third-order valence-electron chi connectivity index (χ3n) is 3.51. The highest BCUT2D eigenvalue weighted by molar-refractivity contribution is 9.11. The molecule has 2 rings (SSSR count). The van der Waals surface area contributed by atoms with Crippen molar-refractivity contribution in [3.8, 4) is 0 Å². The summed E-state index contributed by atoms with van der Waals surface area (Å²) in [7, 11) is 0. The van der Waals surface area contributed by atoms with Crippen molar-refractivity contribution in [2.45, 2.75) is 52.5 Å². The number of aromatic nitrogens is 3. The molecule has 0 bridgehead atoms. The molecule has 0 fully saturated rings. The molecule has 0 aliphatic heterocycles. The molecule has 0 aliphatic rings. The Morgan fingerprint density at radius 2 is 2.00 bits per heavy atom. The normalized spacial score (nSPS) is 12.0. The number of hydrogen-bond acceptors (Lipinski definition) is 6. The number of carbonyl (C=O) groups excluding carboxylic acids is 1. The van der Waals surface area contributed by atoms with Crippen LogP contribution in [0.5, 0.6) is 0 Å². The third-order valence-corrected chi connectivity index (χ3v) is 5.20. The maximum atomic E-state index is 11.5. The summed E-state index contributed by atoms with van der Waals surface area (Å²) in [6.45, 7) is 5.72. The van der Waals surface area contributed by atoms with E-state index in [0.29, 0.717) is 24.1 Å². The molecule has 24 heavy (non-hydrogen) atoms. The minimum Gasteiger partial charge on any atom is -0.351 e. The predicted molar refractivity (Wildman–Crippen MR) is 102 cm³/mol. The molecule has 0 spiro atoms. The standard InChI is InChI=1S/C16H22BrN5OS/c1-4-11(6-7-12-8-9-13(17)24-12)20-15-18-10(3)19-16(22-15)21-14(23)5-2/h8-9,11H,4-7H2,1-3H3,(H2,18,19,20,21,22,23). The molecule has 1 atom stereocenters. The molecule has 8 heteroatoms. The fourth-order valence-corrected chi connectivity index (χ4v) is 3.68. The predicted octanol–water partition coefficient (Wildman–Crippen LogP) is 4.18. The van der Waals surface area contributed by atoms with Crippen molar-refractivity contribution in [1.29, 1.82) is 0 Å². The first-order valence-corrected chi connectivity index (χ1v) is 9.64. The molecule has 0 aromatic carbocycles. The number of thiophene rings is 1. The molecule has 2 aromatic rings. The third kappa shape index (κ3) is 5.83. The summed E-state index contributed by atoms with van der Waals surface area (Å²) in [5.41, 5.74) is 0. The van der Waals surface area contributed by atoms with E-state index < -0.39 is 0 Å². The van der Waals surface area contributed by atoms with Crippen LogP contribution in [0.3, 0.4) is 0 Å². The number of carbonyl (C=O) groups is 1. The van der Waals surface area contributed by atoms with Gasteiger partial charge in [-0.1, -0.05) is 13.8 Å². The van der Waals surface area contributed by atoms with Gasteiger partial charge in [-0.15, -0.1) is 11.3 Å². The van der Waals surface area contributed by atoms with Crippen LogP contribution >= 0.6 is 27.3 Å². The van der Waals surface area contributed by atoms with E-state index in [1.165, 1.54) is 4.88 Å². The molecule has 0 saturated carbocycles. The van der Waals surface area contributed by atoms with Crippen LogP contribution in [0.2, 0.25) is 0 Å². The lowest BCUT2D eigenvalue weighted by Crippen LogP contribution is -2.22. The van der Waals surface area contributed by atoms with E-state index in [1.807, 2.05) is 0 Å². The Hall–Kier alpha value is -1.54. The highest BCUT2D eigenvalue weighted by Gasteiger charge is 2.12. The molecule has 2 heterocycles. The van der Waals surface area contributed by atoms with Gasteiger partial charge in [-0.3, -0.25) is 10.1 Å². The van der Waals surface area contributed by atoms with Gasteiger partial charge in [-0.2, -0.15) is 15.0 Å². The zero-order valence-electron chi connectivity index (χ0n) is 14.1. The van der Waals surface area contributed by atoms with Gasteiger partial charge in [-0.05, 0) is 54.2 Å². The molecule has 130 valence electrons. The summed E-state index contributed by atoms with van der Waals surface area (Å²) in [5, 5.41) is 6.04. The van der Waals surface area contributed by atoms with Crippen LogP contribution in [0.1, 0.15) is 43.8 Å². The zero-order chi connectivity index (χ0) is 17.5. The first-order chi connectivity index (χ1) is 11.5. The first kappa shape index (κ1) is 18.8. The second-order valence-electron chi connectivity index (χ2n) is 5.43. The lowest BCUT2D eigenvalue weighted by atomic mass is 10.1. The van der Waals surface area contributed by atoms with Crippen LogP contribution < -0.4 is 10.6 Å². The Morgan fingerprint density at radius 1 is 1.25 bits per heavy atom. The van der Waals surface area contributed by atoms with E-state index in [-0.39, 0.29) is 11.9 Å². The van der Waals surface area contributed by atoms with Crippen LogP contribution in [0, 0.1) is 6.92 Å². The van der Waals surface area contributed by atoms with Gasteiger partial charge in [0.2, 0.25) is 17.8 Å². The number of amides is 1. The second kappa shape index (κ2) is 9.08. The van der Waals surface area contributed by atoms with Crippen LogP contribution in [0.15, 0.2) is 15.9 Å². The Morgan fingerprint density at radius 3 is 2.62 bits per heavy atom. The first-order valence-electron chi connectivity index (χ1n) is 8.03. The van der Waals surface area contributed by atoms with Gasteiger partial charge in [0.05, 0.1) is 3.79 Å². The Labute approximate surface area is 154 Å². The molecular weight excluding hydrogens is 390 g/mol. The average Bonchev–Trinajstić information content (AvgIpc) is 2.96. The number of rotatable bonds is 8. The summed E-state index contributed by atoms with van der Waals surface area (Å²) in [4.78, 5) is 25.6. The summed E-state index contributed by atoms with van der Waals surface area (Å²) in [5.74, 6) is 1.28. The molecule has 1 amide bonds. The van der Waals surface area contributed by atoms with Gasteiger partial charge in [-0.25, -0.2) is 0 Å². The van der Waals surface area contributed by atoms with Crippen LogP contribution in [-0.4, -0.2) is 26.9 Å². The lowest BCUT2D eigenvalue weighted by Gasteiger charge is -2.17. The van der Waals surface area contributed by atoms with E-state index in [9.17, 15) is 4.79 Å². The lowest BCUT2D eigenvalue weighted by molar-refractivity contribution is -0.115. The average molecular weight is 412 g/mol. The summed E-state index contributed by atoms with van der Waals surface area (Å²) in [6, 6.07) is 4.49. The maximum absolute atomic E-state index is 11.5. The maximum Gasteiger partial charge on any atom is 0.234 e. The highest BCUT2D eigenvalue weighted by Crippen LogP contribution is 2.24. The fraction of sp³-hybridized carbons (Fsp3) is 0.500. The fourth-order valence-electron chi connectivity index (χ4n) is 2.18. The van der Waals surface area contributed by atoms with E-state index in [1.54, 1.807) is 25.2 Å². The molecule has 0 radical (unpaired) electrons. The number of nitrogens with one attached hydrogen (secondary N) is 2. The van der Waals surface area contributed by atoms with E-state index in [2.05, 4.69) is 60.6 Å².